The van der Waals surface area contributed by atoms with Gasteiger partial charge in [0.05, 0.1) is 18.3 Å². The summed E-state index contributed by atoms with van der Waals surface area (Å²) in [6.07, 6.45) is 1.18. The van der Waals surface area contributed by atoms with Gasteiger partial charge in [0.2, 0.25) is 0 Å². The van der Waals surface area contributed by atoms with Gasteiger partial charge in [-0.2, -0.15) is 11.8 Å². The molecule has 1 aromatic rings. The standard InChI is InChI=1S/C14H16FN3S/c15-9-1-2-11-10(7-9)14-12(3-6-19-14)18(11)8-13-16-4-5-17-13/h1-2,7,12,14H,3-6,8H2,(H,16,17). The first-order chi connectivity index (χ1) is 9.33. The smallest absolute Gasteiger partial charge is 0.123 e. The van der Waals surface area contributed by atoms with Crippen molar-refractivity contribution in [3.05, 3.63) is 29.6 Å². The Bertz CT molecular complexity index is 545. The second kappa shape index (κ2) is 4.40. The Labute approximate surface area is 116 Å². The van der Waals surface area contributed by atoms with E-state index in [1.54, 1.807) is 12.1 Å². The molecule has 0 spiro atoms. The Hall–Kier alpha value is -1.23. The van der Waals surface area contributed by atoms with Crippen molar-refractivity contribution in [1.29, 1.82) is 0 Å². The van der Waals surface area contributed by atoms with E-state index in [0.29, 0.717) is 11.3 Å². The molecule has 2 atom stereocenters. The number of benzene rings is 1. The Morgan fingerprint density at radius 2 is 2.42 bits per heavy atom. The van der Waals surface area contributed by atoms with Crippen LogP contribution < -0.4 is 10.2 Å². The zero-order chi connectivity index (χ0) is 12.8. The summed E-state index contributed by atoms with van der Waals surface area (Å²) in [4.78, 5) is 6.90. The lowest BCUT2D eigenvalue weighted by Gasteiger charge is -2.26. The molecule has 0 aliphatic carbocycles. The van der Waals surface area contributed by atoms with Crippen molar-refractivity contribution in [2.75, 3.05) is 30.3 Å². The number of nitrogens with zero attached hydrogens (tertiary/aromatic N) is 2. The fourth-order valence-corrected chi connectivity index (χ4v) is 4.81. The van der Waals surface area contributed by atoms with Crippen molar-refractivity contribution in [1.82, 2.24) is 5.32 Å². The Morgan fingerprint density at radius 1 is 1.47 bits per heavy atom. The number of thioether (sulfide) groups is 1. The number of halogens is 1. The third-order valence-corrected chi connectivity index (χ3v) is 5.53. The summed E-state index contributed by atoms with van der Waals surface area (Å²) in [5.41, 5.74) is 2.37. The second-order valence-corrected chi connectivity index (χ2v) is 6.48. The number of nitrogens with one attached hydrogen (secondary N) is 1. The van der Waals surface area contributed by atoms with Crippen LogP contribution in [0.15, 0.2) is 23.2 Å². The largest absolute Gasteiger partial charge is 0.370 e. The topological polar surface area (TPSA) is 27.6 Å². The van der Waals surface area contributed by atoms with E-state index in [0.717, 1.165) is 25.5 Å². The molecule has 1 N–H and O–H groups in total. The van der Waals surface area contributed by atoms with E-state index in [9.17, 15) is 4.39 Å². The van der Waals surface area contributed by atoms with Crippen LogP contribution in [0.4, 0.5) is 10.1 Å². The van der Waals surface area contributed by atoms with Gasteiger partial charge in [0, 0.05) is 18.3 Å². The molecule has 0 saturated carbocycles. The van der Waals surface area contributed by atoms with Gasteiger partial charge in [-0.25, -0.2) is 4.39 Å². The van der Waals surface area contributed by atoms with Crippen LogP contribution in [-0.2, 0) is 0 Å². The molecule has 1 saturated heterocycles. The molecule has 19 heavy (non-hydrogen) atoms. The van der Waals surface area contributed by atoms with E-state index in [4.69, 9.17) is 0 Å². The Balaban J connectivity index is 1.70. The number of amidine groups is 1. The molecule has 0 radical (unpaired) electrons. The van der Waals surface area contributed by atoms with Gasteiger partial charge in [-0.1, -0.05) is 0 Å². The van der Waals surface area contributed by atoms with Crippen LogP contribution in [0, 0.1) is 5.82 Å². The summed E-state index contributed by atoms with van der Waals surface area (Å²) in [7, 11) is 0. The molecular formula is C14H16FN3S. The predicted octanol–water partition coefficient (Wildman–Crippen LogP) is 2.19. The van der Waals surface area contributed by atoms with Crippen LogP contribution in [0.5, 0.6) is 0 Å². The minimum absolute atomic E-state index is 0.122. The normalized spacial score (nSPS) is 28.1. The van der Waals surface area contributed by atoms with Crippen LogP contribution in [-0.4, -0.2) is 37.3 Å². The molecule has 100 valence electrons. The number of hydrogen-bond donors (Lipinski definition) is 1. The second-order valence-electron chi connectivity index (χ2n) is 5.23. The maximum Gasteiger partial charge on any atom is 0.123 e. The number of rotatable bonds is 2. The van der Waals surface area contributed by atoms with Gasteiger partial charge in [0.25, 0.3) is 0 Å². The Morgan fingerprint density at radius 3 is 3.26 bits per heavy atom. The minimum atomic E-state index is -0.122. The van der Waals surface area contributed by atoms with E-state index in [1.807, 2.05) is 17.8 Å². The van der Waals surface area contributed by atoms with Crippen LogP contribution in [0.25, 0.3) is 0 Å². The van der Waals surface area contributed by atoms with E-state index in [-0.39, 0.29) is 5.82 Å². The summed E-state index contributed by atoms with van der Waals surface area (Å²) in [6.45, 7) is 2.66. The highest BCUT2D eigenvalue weighted by atomic mass is 32.2. The van der Waals surface area contributed by atoms with Gasteiger partial charge in [-0.15, -0.1) is 0 Å². The van der Waals surface area contributed by atoms with Gasteiger partial charge in [0.15, 0.2) is 0 Å². The van der Waals surface area contributed by atoms with Crippen LogP contribution >= 0.6 is 11.8 Å². The molecule has 0 aromatic heterocycles. The fourth-order valence-electron chi connectivity index (χ4n) is 3.30. The van der Waals surface area contributed by atoms with E-state index in [2.05, 4.69) is 15.2 Å². The Kier molecular flexibility index (Phi) is 2.69. The molecule has 1 aromatic carbocycles. The molecule has 4 rings (SSSR count). The highest BCUT2D eigenvalue weighted by Crippen LogP contribution is 2.52. The summed E-state index contributed by atoms with van der Waals surface area (Å²) in [5.74, 6) is 2.12. The fraction of sp³-hybridized carbons (Fsp3) is 0.500. The van der Waals surface area contributed by atoms with Crippen molar-refractivity contribution in [3.8, 4) is 0 Å². The molecule has 1 fully saturated rings. The van der Waals surface area contributed by atoms with Crippen LogP contribution in [0.2, 0.25) is 0 Å². The van der Waals surface area contributed by atoms with Crippen molar-refractivity contribution in [3.63, 3.8) is 0 Å². The quantitative estimate of drug-likeness (QED) is 0.898. The van der Waals surface area contributed by atoms with E-state index in [1.165, 1.54) is 23.4 Å². The molecule has 2 unspecified atom stereocenters. The van der Waals surface area contributed by atoms with E-state index < -0.39 is 0 Å². The highest BCUT2D eigenvalue weighted by molar-refractivity contribution is 7.99. The lowest BCUT2D eigenvalue weighted by molar-refractivity contribution is 0.624. The lowest BCUT2D eigenvalue weighted by Crippen LogP contribution is -2.39. The molecule has 3 heterocycles. The van der Waals surface area contributed by atoms with Gasteiger partial charge < -0.3 is 10.2 Å². The van der Waals surface area contributed by atoms with Crippen molar-refractivity contribution >= 4 is 23.3 Å². The number of aliphatic imine (C=N–C) groups is 1. The average Bonchev–Trinajstić information content (AvgIpc) is 3.10. The molecule has 0 amide bonds. The molecular weight excluding hydrogens is 261 g/mol. The van der Waals surface area contributed by atoms with Gasteiger partial charge in [-0.3, -0.25) is 4.99 Å². The van der Waals surface area contributed by atoms with Crippen molar-refractivity contribution in [2.24, 2.45) is 4.99 Å². The maximum absolute atomic E-state index is 13.5. The molecule has 3 nitrogen and oxygen atoms in total. The number of hydrogen-bond acceptors (Lipinski definition) is 4. The van der Waals surface area contributed by atoms with Crippen molar-refractivity contribution in [2.45, 2.75) is 17.7 Å². The van der Waals surface area contributed by atoms with Crippen LogP contribution in [0.1, 0.15) is 17.2 Å². The first-order valence-corrected chi connectivity index (χ1v) is 7.83. The SMILES string of the molecule is Fc1ccc2c(c1)C1SCCC1N2CC1=NCCN1. The lowest BCUT2D eigenvalue weighted by atomic mass is 10.1. The molecule has 3 aliphatic rings. The van der Waals surface area contributed by atoms with E-state index >= 15 is 0 Å². The summed E-state index contributed by atoms with van der Waals surface area (Å²) >= 11 is 1.96. The summed E-state index contributed by atoms with van der Waals surface area (Å²) in [6, 6.07) is 5.72. The third kappa shape index (κ3) is 1.83. The minimum Gasteiger partial charge on any atom is -0.370 e. The molecule has 3 aliphatic heterocycles. The van der Waals surface area contributed by atoms with Gasteiger partial charge >= 0.3 is 0 Å². The zero-order valence-corrected chi connectivity index (χ0v) is 11.4. The molecule has 0 bridgehead atoms. The predicted molar refractivity (Wildman–Crippen MR) is 77.7 cm³/mol. The van der Waals surface area contributed by atoms with Gasteiger partial charge in [0.1, 0.15) is 11.7 Å². The molecule has 5 heteroatoms. The highest BCUT2D eigenvalue weighted by Gasteiger charge is 2.42. The first kappa shape index (κ1) is 11.6. The van der Waals surface area contributed by atoms with Crippen LogP contribution in [0.3, 0.4) is 0 Å². The monoisotopic (exact) mass is 277 g/mol. The maximum atomic E-state index is 13.5. The number of anilines is 1. The zero-order valence-electron chi connectivity index (χ0n) is 10.6. The summed E-state index contributed by atoms with van der Waals surface area (Å²) in [5, 5.41) is 3.77. The average molecular weight is 277 g/mol. The number of fused-ring (bicyclic) bond motifs is 3. The van der Waals surface area contributed by atoms with Gasteiger partial charge in [-0.05, 0) is 35.9 Å². The first-order valence-electron chi connectivity index (χ1n) is 6.78. The third-order valence-electron chi connectivity index (χ3n) is 4.13. The summed E-state index contributed by atoms with van der Waals surface area (Å²) < 4.78 is 13.5. The van der Waals surface area contributed by atoms with Crippen molar-refractivity contribution < 1.29 is 4.39 Å².